The topological polar surface area (TPSA) is 94.2 Å². The van der Waals surface area contributed by atoms with Crippen LogP contribution in [0.15, 0.2) is 15.1 Å². The van der Waals surface area contributed by atoms with E-state index >= 15 is 0 Å². The molecular weight excluding hydrogens is 222 g/mol. The molecule has 0 aliphatic heterocycles. The van der Waals surface area contributed by atoms with Crippen molar-refractivity contribution in [3.63, 3.8) is 0 Å². The molecule has 0 bridgehead atoms. The minimum atomic E-state index is -0.282. The molecule has 7 nitrogen and oxygen atoms in total. The third-order valence-electron chi connectivity index (χ3n) is 2.18. The van der Waals surface area contributed by atoms with Crippen LogP contribution in [0, 0.1) is 6.92 Å². The van der Waals surface area contributed by atoms with E-state index in [1.54, 1.807) is 13.0 Å². The minimum Gasteiger partial charge on any atom is -0.361 e. The van der Waals surface area contributed by atoms with Crippen molar-refractivity contribution < 1.29 is 9.05 Å². The molecule has 2 N–H and O–H groups in total. The van der Waals surface area contributed by atoms with E-state index in [9.17, 15) is 0 Å². The first kappa shape index (κ1) is 11.7. The summed E-state index contributed by atoms with van der Waals surface area (Å²) >= 11 is 0. The van der Waals surface area contributed by atoms with Crippen LogP contribution >= 0.6 is 0 Å². The number of nitrogens with two attached hydrogens (primary N) is 1. The number of hydrogen-bond donors (Lipinski definition) is 1. The predicted molar refractivity (Wildman–Crippen MR) is 60.0 cm³/mol. The molecule has 0 saturated carbocycles. The lowest BCUT2D eigenvalue weighted by Crippen LogP contribution is -2.26. The van der Waals surface area contributed by atoms with Crippen LogP contribution in [0.1, 0.15) is 17.6 Å². The van der Waals surface area contributed by atoms with E-state index in [0.717, 1.165) is 0 Å². The van der Waals surface area contributed by atoms with Gasteiger partial charge in [-0.1, -0.05) is 10.3 Å². The lowest BCUT2D eigenvalue weighted by Gasteiger charge is -2.12. The fraction of sp³-hybridized carbons (Fsp3) is 0.500. The molecule has 0 radical (unpaired) electrons. The summed E-state index contributed by atoms with van der Waals surface area (Å²) in [6.45, 7) is 2.45. The summed E-state index contributed by atoms with van der Waals surface area (Å²) < 4.78 is 10.0. The first-order chi connectivity index (χ1) is 8.06. The van der Waals surface area contributed by atoms with Gasteiger partial charge in [0.25, 0.3) is 5.89 Å². The molecule has 92 valence electrons. The van der Waals surface area contributed by atoms with Crippen LogP contribution < -0.4 is 5.73 Å². The molecule has 17 heavy (non-hydrogen) atoms. The Balaban J connectivity index is 2.15. The fourth-order valence-corrected chi connectivity index (χ4v) is 1.43. The van der Waals surface area contributed by atoms with Crippen molar-refractivity contribution in [2.24, 2.45) is 5.73 Å². The third kappa shape index (κ3) is 2.69. The van der Waals surface area contributed by atoms with Gasteiger partial charge < -0.3 is 19.7 Å². The first-order valence-electron chi connectivity index (χ1n) is 5.24. The second-order valence-corrected chi connectivity index (χ2v) is 4.15. The Kier molecular flexibility index (Phi) is 3.21. The molecule has 1 atom stereocenters. The molecule has 0 saturated heterocycles. The molecule has 1 unspecified atom stereocenters. The first-order valence-corrected chi connectivity index (χ1v) is 5.24. The average molecular weight is 237 g/mol. The van der Waals surface area contributed by atoms with Crippen LogP contribution in [-0.2, 0) is 0 Å². The number of aryl methyl sites for hydroxylation is 1. The largest absolute Gasteiger partial charge is 0.361 e. The maximum atomic E-state index is 5.92. The Hall–Kier alpha value is -1.73. The SMILES string of the molecule is Cc1cc(-c2nc(C(N)CN(C)C)no2)no1. The zero-order chi connectivity index (χ0) is 12.4. The highest BCUT2D eigenvalue weighted by molar-refractivity contribution is 5.45. The molecule has 0 fully saturated rings. The Labute approximate surface area is 98.6 Å². The van der Waals surface area contributed by atoms with Crippen LogP contribution in [0.25, 0.3) is 11.6 Å². The summed E-state index contributed by atoms with van der Waals surface area (Å²) in [6, 6.07) is 1.45. The van der Waals surface area contributed by atoms with Crippen molar-refractivity contribution >= 4 is 0 Å². The van der Waals surface area contributed by atoms with Gasteiger partial charge in [-0.05, 0) is 21.0 Å². The van der Waals surface area contributed by atoms with Crippen LogP contribution in [-0.4, -0.2) is 40.8 Å². The van der Waals surface area contributed by atoms with Gasteiger partial charge in [0.05, 0.1) is 6.04 Å². The molecule has 0 aliphatic carbocycles. The summed E-state index contributed by atoms with van der Waals surface area (Å²) in [7, 11) is 3.86. The van der Waals surface area contributed by atoms with E-state index in [1.165, 1.54) is 0 Å². The number of hydrogen-bond acceptors (Lipinski definition) is 7. The van der Waals surface area contributed by atoms with Crippen molar-refractivity contribution in [2.45, 2.75) is 13.0 Å². The molecule has 2 heterocycles. The number of rotatable bonds is 4. The zero-order valence-electron chi connectivity index (χ0n) is 10.0. The van der Waals surface area contributed by atoms with E-state index < -0.39 is 0 Å². The highest BCUT2D eigenvalue weighted by atomic mass is 16.5. The second kappa shape index (κ2) is 4.64. The smallest absolute Gasteiger partial charge is 0.280 e. The molecule has 0 spiro atoms. The average Bonchev–Trinajstić information content (AvgIpc) is 2.84. The van der Waals surface area contributed by atoms with Crippen LogP contribution in [0.5, 0.6) is 0 Å². The fourth-order valence-electron chi connectivity index (χ4n) is 1.43. The molecule has 2 rings (SSSR count). The van der Waals surface area contributed by atoms with E-state index in [-0.39, 0.29) is 6.04 Å². The lowest BCUT2D eigenvalue weighted by molar-refractivity contribution is 0.356. The van der Waals surface area contributed by atoms with E-state index in [4.69, 9.17) is 14.8 Å². The molecule has 2 aromatic heterocycles. The maximum absolute atomic E-state index is 5.92. The van der Waals surface area contributed by atoms with Gasteiger partial charge in [-0.2, -0.15) is 4.98 Å². The molecule has 0 aliphatic rings. The maximum Gasteiger partial charge on any atom is 0.280 e. The van der Waals surface area contributed by atoms with Crippen LogP contribution in [0.4, 0.5) is 0 Å². The Bertz CT molecular complexity index is 490. The molecule has 2 aromatic rings. The normalized spacial score (nSPS) is 13.2. The minimum absolute atomic E-state index is 0.282. The number of likely N-dealkylation sites (N-methyl/N-ethyl adjacent to an activating group) is 1. The number of nitrogens with zero attached hydrogens (tertiary/aromatic N) is 4. The lowest BCUT2D eigenvalue weighted by atomic mass is 10.3. The standard InChI is InChI=1S/C10H15N5O2/c1-6-4-8(13-16-6)10-12-9(14-17-10)7(11)5-15(2)3/h4,7H,5,11H2,1-3H3. The highest BCUT2D eigenvalue weighted by Crippen LogP contribution is 2.18. The monoisotopic (exact) mass is 237 g/mol. The van der Waals surface area contributed by atoms with Crippen molar-refractivity contribution in [3.8, 4) is 11.6 Å². The summed E-state index contributed by atoms with van der Waals surface area (Å²) in [5.74, 6) is 1.48. The quantitative estimate of drug-likeness (QED) is 0.831. The summed E-state index contributed by atoms with van der Waals surface area (Å²) in [4.78, 5) is 6.15. The summed E-state index contributed by atoms with van der Waals surface area (Å²) in [5.41, 5.74) is 6.45. The number of aromatic nitrogens is 3. The summed E-state index contributed by atoms with van der Waals surface area (Å²) in [6.07, 6.45) is 0. The van der Waals surface area contributed by atoms with Gasteiger partial charge in [0, 0.05) is 12.6 Å². The van der Waals surface area contributed by atoms with Gasteiger partial charge in [-0.3, -0.25) is 0 Å². The van der Waals surface area contributed by atoms with Crippen molar-refractivity contribution in [3.05, 3.63) is 17.7 Å². The van der Waals surface area contributed by atoms with Crippen molar-refractivity contribution in [2.75, 3.05) is 20.6 Å². The second-order valence-electron chi connectivity index (χ2n) is 4.15. The van der Waals surface area contributed by atoms with Gasteiger partial charge in [-0.15, -0.1) is 0 Å². The highest BCUT2D eigenvalue weighted by Gasteiger charge is 2.17. The predicted octanol–water partition coefficient (Wildman–Crippen LogP) is 0.594. The molecular formula is C10H15N5O2. The van der Waals surface area contributed by atoms with Gasteiger partial charge in [0.1, 0.15) is 5.76 Å². The Morgan fingerprint density at radius 3 is 2.71 bits per heavy atom. The van der Waals surface area contributed by atoms with Gasteiger partial charge in [0.2, 0.25) is 0 Å². The van der Waals surface area contributed by atoms with Crippen LogP contribution in [0.3, 0.4) is 0 Å². The van der Waals surface area contributed by atoms with Gasteiger partial charge in [0.15, 0.2) is 11.5 Å². The van der Waals surface area contributed by atoms with Gasteiger partial charge >= 0.3 is 0 Å². The van der Waals surface area contributed by atoms with E-state index in [1.807, 2.05) is 19.0 Å². The Morgan fingerprint density at radius 1 is 1.35 bits per heavy atom. The summed E-state index contributed by atoms with van der Waals surface area (Å²) in [5, 5.41) is 7.63. The zero-order valence-corrected chi connectivity index (χ0v) is 10.0. The molecule has 7 heteroatoms. The van der Waals surface area contributed by atoms with Crippen LogP contribution in [0.2, 0.25) is 0 Å². The molecule has 0 aromatic carbocycles. The van der Waals surface area contributed by atoms with Crippen molar-refractivity contribution in [1.82, 2.24) is 20.2 Å². The third-order valence-corrected chi connectivity index (χ3v) is 2.18. The Morgan fingerprint density at radius 2 is 2.12 bits per heavy atom. The van der Waals surface area contributed by atoms with E-state index in [0.29, 0.717) is 29.7 Å². The van der Waals surface area contributed by atoms with Crippen molar-refractivity contribution in [1.29, 1.82) is 0 Å². The molecule has 0 amide bonds. The van der Waals surface area contributed by atoms with Gasteiger partial charge in [-0.25, -0.2) is 0 Å². The van der Waals surface area contributed by atoms with E-state index in [2.05, 4.69) is 15.3 Å².